The van der Waals surface area contributed by atoms with Crippen LogP contribution in [0, 0.1) is 12.7 Å². The van der Waals surface area contributed by atoms with Crippen molar-refractivity contribution in [3.05, 3.63) is 46.9 Å². The van der Waals surface area contributed by atoms with Gasteiger partial charge in [-0.25, -0.2) is 14.2 Å². The van der Waals surface area contributed by atoms with Crippen molar-refractivity contribution >= 4 is 22.3 Å². The predicted molar refractivity (Wildman–Crippen MR) is 70.2 cm³/mol. The average molecular weight is 276 g/mol. The number of benzene rings is 1. The highest BCUT2D eigenvalue weighted by atomic mass is 32.1. The van der Waals surface area contributed by atoms with Gasteiger partial charge in [0.15, 0.2) is 10.7 Å². The van der Waals surface area contributed by atoms with Crippen LogP contribution in [0.1, 0.15) is 15.4 Å². The molecule has 0 aliphatic carbocycles. The highest BCUT2D eigenvalue weighted by molar-refractivity contribution is 7.17. The van der Waals surface area contributed by atoms with Crippen LogP contribution in [-0.2, 0) is 0 Å². The summed E-state index contributed by atoms with van der Waals surface area (Å²) in [6.07, 6.45) is 1.74. The SMILES string of the molecule is Cc1cn2c(C(=O)O)c(-c3ccc(F)cc3)nc2s1. The number of carboxylic acid groups (broad SMARTS) is 1. The van der Waals surface area contributed by atoms with Crippen molar-refractivity contribution in [2.75, 3.05) is 0 Å². The molecule has 1 aromatic carbocycles. The number of fused-ring (bicyclic) bond motifs is 1. The van der Waals surface area contributed by atoms with E-state index in [-0.39, 0.29) is 11.5 Å². The number of carboxylic acids is 1. The summed E-state index contributed by atoms with van der Waals surface area (Å²) in [6, 6.07) is 5.64. The Bertz CT molecular complexity index is 774. The van der Waals surface area contributed by atoms with E-state index in [1.54, 1.807) is 10.6 Å². The fraction of sp³-hybridized carbons (Fsp3) is 0.0769. The first kappa shape index (κ1) is 11.9. The number of hydrogen-bond donors (Lipinski definition) is 1. The number of aromatic nitrogens is 2. The fourth-order valence-electron chi connectivity index (χ4n) is 1.97. The van der Waals surface area contributed by atoms with E-state index in [2.05, 4.69) is 4.98 Å². The molecule has 6 heteroatoms. The van der Waals surface area contributed by atoms with Gasteiger partial charge < -0.3 is 5.11 Å². The van der Waals surface area contributed by atoms with E-state index in [0.29, 0.717) is 16.2 Å². The van der Waals surface area contributed by atoms with Gasteiger partial charge in [-0.2, -0.15) is 0 Å². The fourth-order valence-corrected chi connectivity index (χ4v) is 2.79. The van der Waals surface area contributed by atoms with Crippen LogP contribution in [0.2, 0.25) is 0 Å². The first-order valence-corrected chi connectivity index (χ1v) is 6.35. The van der Waals surface area contributed by atoms with Gasteiger partial charge in [-0.05, 0) is 31.2 Å². The molecule has 0 saturated heterocycles. The van der Waals surface area contributed by atoms with Crippen molar-refractivity contribution < 1.29 is 14.3 Å². The van der Waals surface area contributed by atoms with Crippen molar-refractivity contribution in [2.45, 2.75) is 6.92 Å². The molecule has 19 heavy (non-hydrogen) atoms. The van der Waals surface area contributed by atoms with Crippen molar-refractivity contribution in [1.29, 1.82) is 0 Å². The van der Waals surface area contributed by atoms with Gasteiger partial charge in [-0.1, -0.05) is 0 Å². The maximum Gasteiger partial charge on any atom is 0.355 e. The van der Waals surface area contributed by atoms with E-state index < -0.39 is 5.97 Å². The zero-order valence-corrected chi connectivity index (χ0v) is 10.7. The summed E-state index contributed by atoms with van der Waals surface area (Å²) in [5.74, 6) is -1.41. The lowest BCUT2D eigenvalue weighted by Gasteiger charge is -1.99. The summed E-state index contributed by atoms with van der Waals surface area (Å²) in [5, 5.41) is 9.35. The summed E-state index contributed by atoms with van der Waals surface area (Å²) in [5.41, 5.74) is 1.05. The number of nitrogens with zero attached hydrogens (tertiary/aromatic N) is 2. The Labute approximate surface area is 111 Å². The molecule has 0 bridgehead atoms. The summed E-state index contributed by atoms with van der Waals surface area (Å²) in [6.45, 7) is 1.89. The Morgan fingerprint density at radius 2 is 2.05 bits per heavy atom. The smallest absolute Gasteiger partial charge is 0.355 e. The molecule has 1 N–H and O–H groups in total. The van der Waals surface area contributed by atoms with Gasteiger partial charge in [0.05, 0.1) is 0 Å². The van der Waals surface area contributed by atoms with Gasteiger partial charge >= 0.3 is 5.97 Å². The maximum absolute atomic E-state index is 12.9. The Morgan fingerprint density at radius 1 is 1.37 bits per heavy atom. The third kappa shape index (κ3) is 1.90. The topological polar surface area (TPSA) is 54.6 Å². The number of halogens is 1. The lowest BCUT2D eigenvalue weighted by molar-refractivity contribution is 0.0690. The summed E-state index contributed by atoms with van der Waals surface area (Å²) in [4.78, 5) is 17.4. The third-order valence-electron chi connectivity index (χ3n) is 2.76. The molecule has 0 saturated carbocycles. The van der Waals surface area contributed by atoms with Gasteiger partial charge in [0.2, 0.25) is 0 Å². The average Bonchev–Trinajstić information content (AvgIpc) is 2.85. The Morgan fingerprint density at radius 3 is 2.68 bits per heavy atom. The zero-order chi connectivity index (χ0) is 13.6. The minimum Gasteiger partial charge on any atom is -0.476 e. The van der Waals surface area contributed by atoms with Gasteiger partial charge in [-0.3, -0.25) is 4.40 Å². The molecule has 3 aromatic rings. The number of hydrogen-bond acceptors (Lipinski definition) is 3. The molecule has 96 valence electrons. The first-order valence-electron chi connectivity index (χ1n) is 5.54. The van der Waals surface area contributed by atoms with Gasteiger partial charge in [-0.15, -0.1) is 11.3 Å². The van der Waals surface area contributed by atoms with Crippen LogP contribution < -0.4 is 0 Å². The molecular formula is C13H9FN2O2S. The van der Waals surface area contributed by atoms with Crippen molar-refractivity contribution in [3.63, 3.8) is 0 Å². The predicted octanol–water partition coefficient (Wildman–Crippen LogP) is 3.21. The van der Waals surface area contributed by atoms with Crippen LogP contribution >= 0.6 is 11.3 Å². The molecule has 0 aliphatic heterocycles. The summed E-state index contributed by atoms with van der Waals surface area (Å²) in [7, 11) is 0. The van der Waals surface area contributed by atoms with Gasteiger partial charge in [0, 0.05) is 16.6 Å². The maximum atomic E-state index is 12.9. The van der Waals surface area contributed by atoms with Crippen LogP contribution in [0.3, 0.4) is 0 Å². The molecule has 0 fully saturated rings. The summed E-state index contributed by atoms with van der Waals surface area (Å²) < 4.78 is 14.5. The molecule has 0 unspecified atom stereocenters. The largest absolute Gasteiger partial charge is 0.476 e. The zero-order valence-electron chi connectivity index (χ0n) is 9.92. The van der Waals surface area contributed by atoms with E-state index in [4.69, 9.17) is 0 Å². The highest BCUT2D eigenvalue weighted by Crippen LogP contribution is 2.28. The molecule has 2 aromatic heterocycles. The van der Waals surface area contributed by atoms with Crippen LogP contribution in [0.4, 0.5) is 4.39 Å². The second-order valence-electron chi connectivity index (χ2n) is 4.12. The molecule has 3 rings (SSSR count). The molecule has 4 nitrogen and oxygen atoms in total. The molecule has 0 radical (unpaired) electrons. The minimum atomic E-state index is -1.05. The number of thiazole rings is 1. The second kappa shape index (κ2) is 4.17. The lowest BCUT2D eigenvalue weighted by Crippen LogP contribution is -2.02. The molecule has 0 amide bonds. The quantitative estimate of drug-likeness (QED) is 0.782. The highest BCUT2D eigenvalue weighted by Gasteiger charge is 2.21. The Hall–Kier alpha value is -2.21. The van der Waals surface area contributed by atoms with Crippen LogP contribution in [0.5, 0.6) is 0 Å². The molecular weight excluding hydrogens is 267 g/mol. The number of rotatable bonds is 2. The van der Waals surface area contributed by atoms with E-state index in [1.807, 2.05) is 6.92 Å². The normalized spacial score (nSPS) is 11.1. The Balaban J connectivity index is 2.28. The first-order chi connectivity index (χ1) is 9.06. The van der Waals surface area contributed by atoms with Crippen molar-refractivity contribution in [1.82, 2.24) is 9.38 Å². The van der Waals surface area contributed by atoms with Gasteiger partial charge in [0.25, 0.3) is 0 Å². The molecule has 0 spiro atoms. The van der Waals surface area contributed by atoms with Crippen molar-refractivity contribution in [2.24, 2.45) is 0 Å². The van der Waals surface area contributed by atoms with Crippen molar-refractivity contribution in [3.8, 4) is 11.3 Å². The van der Waals surface area contributed by atoms with Crippen LogP contribution in [0.15, 0.2) is 30.5 Å². The number of imidazole rings is 1. The van der Waals surface area contributed by atoms with E-state index in [9.17, 15) is 14.3 Å². The summed E-state index contributed by atoms with van der Waals surface area (Å²) >= 11 is 1.42. The van der Waals surface area contributed by atoms with E-state index >= 15 is 0 Å². The lowest BCUT2D eigenvalue weighted by atomic mass is 10.1. The molecule has 0 aliphatic rings. The molecule has 2 heterocycles. The van der Waals surface area contributed by atoms with E-state index in [0.717, 1.165) is 4.88 Å². The Kier molecular flexibility index (Phi) is 2.60. The number of aromatic carboxylic acids is 1. The number of aryl methyl sites for hydroxylation is 1. The molecule has 0 atom stereocenters. The van der Waals surface area contributed by atoms with Crippen LogP contribution in [0.25, 0.3) is 16.2 Å². The third-order valence-corrected chi connectivity index (χ3v) is 3.66. The monoisotopic (exact) mass is 276 g/mol. The minimum absolute atomic E-state index is 0.103. The second-order valence-corrected chi connectivity index (χ2v) is 5.33. The standard InChI is InChI=1S/C13H9FN2O2S/c1-7-6-16-11(12(17)18)10(15-13(16)19-7)8-2-4-9(14)5-3-8/h2-6H,1H3,(H,17,18). The number of carbonyl (C=O) groups is 1. The van der Waals surface area contributed by atoms with Gasteiger partial charge in [0.1, 0.15) is 11.5 Å². The van der Waals surface area contributed by atoms with E-state index in [1.165, 1.54) is 35.6 Å². The van der Waals surface area contributed by atoms with Crippen LogP contribution in [-0.4, -0.2) is 20.5 Å².